The van der Waals surface area contributed by atoms with Crippen molar-refractivity contribution < 1.29 is 22.1 Å². The second-order valence-corrected chi connectivity index (χ2v) is 3.43. The van der Waals surface area contributed by atoms with Crippen LogP contribution in [0.3, 0.4) is 0 Å². The maximum absolute atomic E-state index is 8.93. The minimum atomic E-state index is 0. The molecule has 2 rings (SSSR count). The van der Waals surface area contributed by atoms with Crippen molar-refractivity contribution >= 4 is 10.9 Å². The Morgan fingerprint density at radius 1 is 1.20 bits per heavy atom. The predicted molar refractivity (Wildman–Crippen MR) is 56.0 cm³/mol. The second-order valence-electron chi connectivity index (χ2n) is 3.43. The third kappa shape index (κ3) is 2.28. The molecule has 0 amide bonds. The van der Waals surface area contributed by atoms with Gasteiger partial charge in [0.2, 0.25) is 5.52 Å². The summed E-state index contributed by atoms with van der Waals surface area (Å²) in [6, 6.07) is 10.3. The van der Waals surface area contributed by atoms with E-state index in [-0.39, 0.29) is 19.0 Å². The first kappa shape index (κ1) is 12.0. The van der Waals surface area contributed by atoms with Gasteiger partial charge < -0.3 is 17.5 Å². The molecule has 0 bridgehead atoms. The van der Waals surface area contributed by atoms with Crippen LogP contribution in [-0.2, 0) is 6.54 Å². The number of rotatable bonds is 2. The van der Waals surface area contributed by atoms with E-state index in [4.69, 9.17) is 5.11 Å². The summed E-state index contributed by atoms with van der Waals surface area (Å²) in [6.45, 7) is 2.93. The van der Waals surface area contributed by atoms with Crippen LogP contribution in [-0.4, -0.2) is 11.7 Å². The largest absolute Gasteiger partial charge is 1.00 e. The maximum Gasteiger partial charge on any atom is 0.212 e. The van der Waals surface area contributed by atoms with Crippen molar-refractivity contribution in [3.05, 3.63) is 42.1 Å². The molecule has 0 spiro atoms. The Morgan fingerprint density at radius 2 is 1.93 bits per heavy atom. The van der Waals surface area contributed by atoms with E-state index >= 15 is 0 Å². The molecule has 0 radical (unpaired) electrons. The maximum atomic E-state index is 8.93. The smallest absolute Gasteiger partial charge is 0.212 e. The van der Waals surface area contributed by atoms with Crippen molar-refractivity contribution in [3.8, 4) is 0 Å². The van der Waals surface area contributed by atoms with E-state index in [0.717, 1.165) is 0 Å². The number of pyridine rings is 1. The molecule has 0 saturated heterocycles. The zero-order valence-corrected chi connectivity index (χ0v) is 9.41. The normalized spacial score (nSPS) is 10.0. The van der Waals surface area contributed by atoms with Gasteiger partial charge in [-0.05, 0) is 18.6 Å². The monoisotopic (exact) mass is 223 g/mol. The summed E-state index contributed by atoms with van der Waals surface area (Å²) in [6.07, 6.45) is 2.02. The van der Waals surface area contributed by atoms with Gasteiger partial charge in [-0.25, -0.2) is 0 Å². The molecule has 2 nitrogen and oxygen atoms in total. The lowest BCUT2D eigenvalue weighted by Crippen LogP contribution is -3.00. The second kappa shape index (κ2) is 5.10. The average molecular weight is 224 g/mol. The third-order valence-corrected chi connectivity index (χ3v) is 2.48. The number of para-hydroxylation sites is 1. The summed E-state index contributed by atoms with van der Waals surface area (Å²) in [5.41, 5.74) is 2.45. The van der Waals surface area contributed by atoms with Crippen LogP contribution in [0.15, 0.2) is 36.5 Å². The molecule has 1 N–H and O–H groups in total. The molecular weight excluding hydrogens is 210 g/mol. The zero-order valence-electron chi connectivity index (χ0n) is 8.65. The van der Waals surface area contributed by atoms with Gasteiger partial charge in [0.15, 0.2) is 12.7 Å². The molecule has 0 unspecified atom stereocenters. The van der Waals surface area contributed by atoms with Crippen LogP contribution in [0.1, 0.15) is 5.56 Å². The molecular formula is C12H14ClNO. The van der Waals surface area contributed by atoms with Crippen LogP contribution in [0, 0.1) is 6.92 Å². The molecule has 3 heteroatoms. The van der Waals surface area contributed by atoms with Gasteiger partial charge in [0, 0.05) is 17.5 Å². The number of nitrogens with zero attached hydrogens (tertiary/aromatic N) is 1. The number of halogens is 1. The van der Waals surface area contributed by atoms with Gasteiger partial charge in [0.1, 0.15) is 6.61 Å². The highest BCUT2D eigenvalue weighted by Crippen LogP contribution is 2.13. The standard InChI is InChI=1S/C12H14NO.ClH/c1-10-6-7-13(8-9-14)12-5-3-2-4-11(10)12;/h2-7,14H,8-9H2,1H3;1H/q+1;/p-1. The Kier molecular flexibility index (Phi) is 4.06. The first-order valence-corrected chi connectivity index (χ1v) is 4.81. The molecule has 0 fully saturated rings. The van der Waals surface area contributed by atoms with E-state index < -0.39 is 0 Å². The molecule has 15 heavy (non-hydrogen) atoms. The number of fused-ring (bicyclic) bond motifs is 1. The van der Waals surface area contributed by atoms with Crippen molar-refractivity contribution in [2.75, 3.05) is 6.61 Å². The van der Waals surface area contributed by atoms with Crippen LogP contribution >= 0.6 is 0 Å². The fourth-order valence-electron chi connectivity index (χ4n) is 1.73. The van der Waals surface area contributed by atoms with Crippen LogP contribution in [0.2, 0.25) is 0 Å². The quantitative estimate of drug-likeness (QED) is 0.612. The Labute approximate surface area is 95.6 Å². The van der Waals surface area contributed by atoms with E-state index in [0.29, 0.717) is 6.54 Å². The molecule has 0 saturated carbocycles. The number of aliphatic hydroxyl groups is 1. The van der Waals surface area contributed by atoms with E-state index in [2.05, 4.69) is 29.7 Å². The number of hydrogen-bond acceptors (Lipinski definition) is 1. The van der Waals surface area contributed by atoms with Crippen molar-refractivity contribution in [3.63, 3.8) is 0 Å². The van der Waals surface area contributed by atoms with Gasteiger partial charge in [0.25, 0.3) is 0 Å². The summed E-state index contributed by atoms with van der Waals surface area (Å²) in [4.78, 5) is 0. The Hall–Kier alpha value is -1.12. The Balaban J connectivity index is 0.00000112. The molecule has 1 heterocycles. The molecule has 0 aliphatic heterocycles. The lowest BCUT2D eigenvalue weighted by molar-refractivity contribution is -0.672. The summed E-state index contributed by atoms with van der Waals surface area (Å²) < 4.78 is 2.07. The van der Waals surface area contributed by atoms with Crippen molar-refractivity contribution in [2.24, 2.45) is 0 Å². The highest BCUT2D eigenvalue weighted by Gasteiger charge is 2.08. The lowest BCUT2D eigenvalue weighted by atomic mass is 10.1. The molecule has 1 aromatic carbocycles. The SMILES string of the molecule is Cc1cc[n+](CCO)c2ccccc12.[Cl-]. The first-order chi connectivity index (χ1) is 6.83. The molecule has 0 aliphatic carbocycles. The van der Waals surface area contributed by atoms with Crippen LogP contribution < -0.4 is 17.0 Å². The zero-order chi connectivity index (χ0) is 9.97. The van der Waals surface area contributed by atoms with Crippen LogP contribution in [0.25, 0.3) is 10.9 Å². The fourth-order valence-corrected chi connectivity index (χ4v) is 1.73. The van der Waals surface area contributed by atoms with Crippen molar-refractivity contribution in [1.82, 2.24) is 0 Å². The van der Waals surface area contributed by atoms with Gasteiger partial charge in [-0.1, -0.05) is 12.1 Å². The van der Waals surface area contributed by atoms with E-state index in [1.54, 1.807) is 0 Å². The molecule has 80 valence electrons. The topological polar surface area (TPSA) is 24.1 Å². The minimum absolute atomic E-state index is 0. The minimum Gasteiger partial charge on any atom is -1.00 e. The summed E-state index contributed by atoms with van der Waals surface area (Å²) in [5, 5.41) is 10.2. The van der Waals surface area contributed by atoms with Crippen molar-refractivity contribution in [2.45, 2.75) is 13.5 Å². The van der Waals surface area contributed by atoms with Gasteiger partial charge in [0.05, 0.1) is 0 Å². The summed E-state index contributed by atoms with van der Waals surface area (Å²) in [5.74, 6) is 0. The summed E-state index contributed by atoms with van der Waals surface area (Å²) in [7, 11) is 0. The van der Waals surface area contributed by atoms with E-state index in [9.17, 15) is 0 Å². The highest BCUT2D eigenvalue weighted by atomic mass is 35.5. The number of benzene rings is 1. The van der Waals surface area contributed by atoms with Gasteiger partial charge in [-0.15, -0.1) is 0 Å². The van der Waals surface area contributed by atoms with Crippen LogP contribution in [0.4, 0.5) is 0 Å². The number of aromatic nitrogens is 1. The van der Waals surface area contributed by atoms with Gasteiger partial charge in [-0.2, -0.15) is 4.57 Å². The molecule has 1 aromatic heterocycles. The highest BCUT2D eigenvalue weighted by molar-refractivity contribution is 5.78. The Morgan fingerprint density at radius 3 is 2.67 bits per heavy atom. The third-order valence-electron chi connectivity index (χ3n) is 2.48. The first-order valence-electron chi connectivity index (χ1n) is 4.81. The predicted octanol–water partition coefficient (Wildman–Crippen LogP) is -1.57. The van der Waals surface area contributed by atoms with E-state index in [1.165, 1.54) is 16.5 Å². The van der Waals surface area contributed by atoms with Crippen LogP contribution in [0.5, 0.6) is 0 Å². The summed E-state index contributed by atoms with van der Waals surface area (Å²) >= 11 is 0. The Bertz CT molecular complexity index is 456. The molecule has 0 aliphatic rings. The molecule has 0 atom stereocenters. The van der Waals surface area contributed by atoms with E-state index in [1.807, 2.05) is 18.3 Å². The number of aliphatic hydroxyl groups excluding tert-OH is 1. The molecule has 2 aromatic rings. The number of aryl methyl sites for hydroxylation is 1. The average Bonchev–Trinajstić information content (AvgIpc) is 2.23. The van der Waals surface area contributed by atoms with Crippen molar-refractivity contribution in [1.29, 1.82) is 0 Å². The lowest BCUT2D eigenvalue weighted by Gasteiger charge is -2.01. The van der Waals surface area contributed by atoms with Gasteiger partial charge in [-0.3, -0.25) is 0 Å². The van der Waals surface area contributed by atoms with Gasteiger partial charge >= 0.3 is 0 Å². The number of hydrogen-bond donors (Lipinski definition) is 1. The fraction of sp³-hybridized carbons (Fsp3) is 0.250.